The van der Waals surface area contributed by atoms with Crippen molar-refractivity contribution < 1.29 is 13.9 Å². The lowest BCUT2D eigenvalue weighted by atomic mass is 10.1. The Kier molecular flexibility index (Phi) is 4.93. The summed E-state index contributed by atoms with van der Waals surface area (Å²) >= 11 is 11.5. The van der Waals surface area contributed by atoms with Crippen LogP contribution < -0.4 is 10.5 Å². The van der Waals surface area contributed by atoms with Gasteiger partial charge in [-0.1, -0.05) is 29.3 Å². The fraction of sp³-hybridized carbons (Fsp3) is 0.0769. The molecule has 0 fully saturated rings. The number of carbonyl (C=O) groups excluding carboxylic acids is 1. The first-order chi connectivity index (χ1) is 9.97. The molecule has 21 heavy (non-hydrogen) atoms. The van der Waals surface area contributed by atoms with E-state index in [1.165, 1.54) is 30.7 Å². The second kappa shape index (κ2) is 6.69. The van der Waals surface area contributed by atoms with Gasteiger partial charge in [0.05, 0.1) is 5.02 Å². The van der Waals surface area contributed by atoms with Gasteiger partial charge in [0.25, 0.3) is 0 Å². The van der Waals surface area contributed by atoms with Gasteiger partial charge in [0.1, 0.15) is 0 Å². The van der Waals surface area contributed by atoms with Gasteiger partial charge in [0.15, 0.2) is 16.7 Å². The van der Waals surface area contributed by atoms with Crippen molar-refractivity contribution in [3.63, 3.8) is 0 Å². The molecule has 109 valence electrons. The first-order valence-corrected chi connectivity index (χ1v) is 6.49. The molecular weight excluding hydrogens is 320 g/mol. The number of ether oxygens (including phenoxy) is 1. The van der Waals surface area contributed by atoms with Gasteiger partial charge in [0.2, 0.25) is 11.8 Å². The molecule has 1 heterocycles. The maximum atomic E-state index is 14.3. The van der Waals surface area contributed by atoms with Crippen molar-refractivity contribution in [2.45, 2.75) is 6.42 Å². The maximum absolute atomic E-state index is 14.3. The van der Waals surface area contributed by atoms with E-state index in [0.717, 1.165) is 0 Å². The summed E-state index contributed by atoms with van der Waals surface area (Å²) in [5.41, 5.74) is 5.16. The van der Waals surface area contributed by atoms with Crippen LogP contribution in [0.1, 0.15) is 12.0 Å². The van der Waals surface area contributed by atoms with Crippen LogP contribution in [0.4, 0.5) is 4.39 Å². The molecule has 0 saturated heterocycles. The molecule has 0 aliphatic rings. The smallest absolute Gasteiger partial charge is 0.239 e. The molecular formula is C13H9Cl2FN3O2. The zero-order chi connectivity index (χ0) is 15.4. The third-order valence-corrected chi connectivity index (χ3v) is 2.92. The molecule has 2 N–H and O–H groups in total. The van der Waals surface area contributed by atoms with Crippen molar-refractivity contribution in [2.24, 2.45) is 5.73 Å². The van der Waals surface area contributed by atoms with Crippen LogP contribution in [0.2, 0.25) is 10.2 Å². The molecule has 0 aliphatic heterocycles. The minimum atomic E-state index is -0.722. The lowest BCUT2D eigenvalue weighted by Crippen LogP contribution is -2.10. The molecule has 2 aromatic rings. The Labute approximate surface area is 129 Å². The summed E-state index contributed by atoms with van der Waals surface area (Å²) in [6.45, 7) is 0. The summed E-state index contributed by atoms with van der Waals surface area (Å²) in [7, 11) is 0. The van der Waals surface area contributed by atoms with Gasteiger partial charge in [-0.15, -0.1) is 10.2 Å². The van der Waals surface area contributed by atoms with E-state index in [4.69, 9.17) is 33.7 Å². The topological polar surface area (TPSA) is 78.1 Å². The van der Waals surface area contributed by atoms with Gasteiger partial charge in [-0.25, -0.2) is 4.39 Å². The van der Waals surface area contributed by atoms with E-state index < -0.39 is 11.7 Å². The molecule has 1 aromatic carbocycles. The fourth-order valence-corrected chi connectivity index (χ4v) is 1.76. The number of hydrogen-bond acceptors (Lipinski definition) is 4. The predicted octanol–water partition coefficient (Wildman–Crippen LogP) is 3.14. The highest BCUT2D eigenvalue weighted by Gasteiger charge is 2.16. The maximum Gasteiger partial charge on any atom is 0.239 e. The van der Waals surface area contributed by atoms with Gasteiger partial charge < -0.3 is 10.5 Å². The first kappa shape index (κ1) is 15.5. The highest BCUT2D eigenvalue weighted by molar-refractivity contribution is 6.32. The minimum Gasteiger partial charge on any atom is -0.433 e. The van der Waals surface area contributed by atoms with Gasteiger partial charge in [-0.2, -0.15) is 0 Å². The number of benzene rings is 1. The van der Waals surface area contributed by atoms with Crippen molar-refractivity contribution >= 4 is 29.1 Å². The Balaban J connectivity index is 2.27. The number of hydrogen-bond donors (Lipinski definition) is 1. The lowest BCUT2D eigenvalue weighted by Gasteiger charge is -2.10. The first-order valence-electron chi connectivity index (χ1n) is 5.74. The van der Waals surface area contributed by atoms with Crippen LogP contribution in [-0.4, -0.2) is 16.1 Å². The molecule has 1 radical (unpaired) electrons. The Hall–Kier alpha value is -1.92. The van der Waals surface area contributed by atoms with Gasteiger partial charge >= 0.3 is 0 Å². The zero-order valence-corrected chi connectivity index (χ0v) is 12.0. The number of amides is 1. The SMILES string of the molecule is NC(=O)C[CH]c1ccc(Cl)c(Oc2ccc(Cl)nn2)c1F. The Bertz CT molecular complexity index is 665. The van der Waals surface area contributed by atoms with Gasteiger partial charge in [-0.3, -0.25) is 4.79 Å². The van der Waals surface area contributed by atoms with Crippen molar-refractivity contribution in [1.82, 2.24) is 10.2 Å². The molecule has 1 amide bonds. The van der Waals surface area contributed by atoms with Gasteiger partial charge in [-0.05, 0) is 17.7 Å². The summed E-state index contributed by atoms with van der Waals surface area (Å²) in [6.07, 6.45) is 1.24. The standard InChI is InChI=1S/C13H9Cl2FN3O2/c14-8-3-1-7(2-5-10(17)20)12(16)13(8)21-11-6-4-9(15)18-19-11/h1-4,6H,5H2,(H2,17,20). The zero-order valence-electron chi connectivity index (χ0n) is 10.5. The van der Waals surface area contributed by atoms with E-state index in [1.54, 1.807) is 0 Å². The van der Waals surface area contributed by atoms with E-state index in [1.807, 2.05) is 0 Å². The number of primary amides is 1. The highest BCUT2D eigenvalue weighted by Crippen LogP contribution is 2.34. The Morgan fingerprint density at radius 1 is 1.29 bits per heavy atom. The molecule has 0 aliphatic carbocycles. The van der Waals surface area contributed by atoms with E-state index in [9.17, 15) is 9.18 Å². The van der Waals surface area contributed by atoms with Crippen LogP contribution in [-0.2, 0) is 4.79 Å². The van der Waals surface area contributed by atoms with Crippen LogP contribution in [0, 0.1) is 12.2 Å². The summed E-state index contributed by atoms with van der Waals surface area (Å²) in [5.74, 6) is -1.48. The van der Waals surface area contributed by atoms with E-state index in [0.29, 0.717) is 0 Å². The van der Waals surface area contributed by atoms with E-state index in [2.05, 4.69) is 10.2 Å². The molecule has 8 heteroatoms. The summed E-state index contributed by atoms with van der Waals surface area (Å²) in [4.78, 5) is 10.7. The molecule has 2 rings (SSSR count). The van der Waals surface area contributed by atoms with Crippen molar-refractivity contribution in [2.75, 3.05) is 0 Å². The molecule has 0 saturated carbocycles. The third kappa shape index (κ3) is 4.03. The van der Waals surface area contributed by atoms with Crippen LogP contribution in [0.25, 0.3) is 0 Å². The Morgan fingerprint density at radius 2 is 2.05 bits per heavy atom. The predicted molar refractivity (Wildman–Crippen MR) is 75.7 cm³/mol. The number of nitrogens with two attached hydrogens (primary N) is 1. The molecule has 0 bridgehead atoms. The van der Waals surface area contributed by atoms with Gasteiger partial charge in [0, 0.05) is 18.9 Å². The molecule has 5 nitrogen and oxygen atoms in total. The van der Waals surface area contributed by atoms with Crippen molar-refractivity contribution in [3.8, 4) is 11.6 Å². The van der Waals surface area contributed by atoms with Crippen molar-refractivity contribution in [3.05, 3.63) is 52.2 Å². The number of rotatable bonds is 5. The number of nitrogens with zero attached hydrogens (tertiary/aromatic N) is 2. The normalized spacial score (nSPS) is 10.4. The average Bonchev–Trinajstić information content (AvgIpc) is 2.44. The van der Waals surface area contributed by atoms with Crippen LogP contribution >= 0.6 is 23.2 Å². The largest absolute Gasteiger partial charge is 0.433 e. The summed E-state index contributed by atoms with van der Waals surface area (Å²) in [6, 6.07) is 5.72. The Morgan fingerprint density at radius 3 is 2.67 bits per heavy atom. The monoisotopic (exact) mass is 328 g/mol. The van der Waals surface area contributed by atoms with E-state index in [-0.39, 0.29) is 33.8 Å². The molecule has 0 unspecified atom stereocenters. The molecule has 0 atom stereocenters. The second-order valence-corrected chi connectivity index (χ2v) is 4.75. The average molecular weight is 329 g/mol. The highest BCUT2D eigenvalue weighted by atomic mass is 35.5. The van der Waals surface area contributed by atoms with Crippen LogP contribution in [0.5, 0.6) is 11.6 Å². The van der Waals surface area contributed by atoms with Crippen molar-refractivity contribution in [1.29, 1.82) is 0 Å². The number of aromatic nitrogens is 2. The number of halogens is 3. The fourth-order valence-electron chi connectivity index (χ4n) is 1.47. The third-order valence-electron chi connectivity index (χ3n) is 2.42. The molecule has 1 aromatic heterocycles. The molecule has 0 spiro atoms. The summed E-state index contributed by atoms with van der Waals surface area (Å²) in [5, 5.41) is 7.45. The van der Waals surface area contributed by atoms with Crippen LogP contribution in [0.3, 0.4) is 0 Å². The lowest BCUT2D eigenvalue weighted by molar-refractivity contribution is -0.117. The number of carbonyl (C=O) groups is 1. The second-order valence-electron chi connectivity index (χ2n) is 3.95. The minimum absolute atomic E-state index is 0.0345. The van der Waals surface area contributed by atoms with Crippen LogP contribution in [0.15, 0.2) is 24.3 Å². The van der Waals surface area contributed by atoms with E-state index >= 15 is 0 Å². The summed E-state index contributed by atoms with van der Waals surface area (Å²) < 4.78 is 19.5. The quantitative estimate of drug-likeness (QED) is 0.914.